The SMILES string of the molecule is COc1cc(OC)cc(C(=O)Nc2nc3c(s2)C[C@@H](C)CC3)c1. The molecule has 1 atom stereocenters. The highest BCUT2D eigenvalue weighted by Gasteiger charge is 2.21. The topological polar surface area (TPSA) is 60.5 Å². The predicted molar refractivity (Wildman–Crippen MR) is 90.8 cm³/mol. The molecule has 0 saturated carbocycles. The number of aryl methyl sites for hydroxylation is 1. The summed E-state index contributed by atoms with van der Waals surface area (Å²) >= 11 is 1.58. The number of fused-ring (bicyclic) bond motifs is 1. The molecule has 1 amide bonds. The monoisotopic (exact) mass is 332 g/mol. The van der Waals surface area contributed by atoms with Gasteiger partial charge in [0.05, 0.1) is 19.9 Å². The lowest BCUT2D eigenvalue weighted by Crippen LogP contribution is -2.12. The number of benzene rings is 1. The standard InChI is InChI=1S/C17H20N2O3S/c1-10-4-5-14-15(6-10)23-17(18-14)19-16(20)11-7-12(21-2)9-13(8-11)22-3/h7-10H,4-6H2,1-3H3,(H,18,19,20)/t10-/m0/s1. The normalized spacial score (nSPS) is 16.6. The van der Waals surface area contributed by atoms with Crippen molar-refractivity contribution in [1.82, 2.24) is 4.98 Å². The molecular weight excluding hydrogens is 312 g/mol. The summed E-state index contributed by atoms with van der Waals surface area (Å²) < 4.78 is 10.4. The average molecular weight is 332 g/mol. The molecule has 5 nitrogen and oxygen atoms in total. The number of aromatic nitrogens is 1. The minimum Gasteiger partial charge on any atom is -0.497 e. The summed E-state index contributed by atoms with van der Waals surface area (Å²) in [5.74, 6) is 1.65. The Kier molecular flexibility index (Phi) is 4.52. The summed E-state index contributed by atoms with van der Waals surface area (Å²) in [6.45, 7) is 2.25. The zero-order valence-corrected chi connectivity index (χ0v) is 14.3. The van der Waals surface area contributed by atoms with E-state index >= 15 is 0 Å². The van der Waals surface area contributed by atoms with E-state index < -0.39 is 0 Å². The first kappa shape index (κ1) is 15.8. The molecule has 0 aliphatic heterocycles. The van der Waals surface area contributed by atoms with Crippen LogP contribution >= 0.6 is 11.3 Å². The maximum atomic E-state index is 12.5. The van der Waals surface area contributed by atoms with Gasteiger partial charge in [0, 0.05) is 16.5 Å². The number of amides is 1. The Labute approximate surface area is 139 Å². The Morgan fingerprint density at radius 3 is 2.61 bits per heavy atom. The molecule has 2 aromatic rings. The molecule has 3 rings (SSSR count). The number of methoxy groups -OCH3 is 2. The van der Waals surface area contributed by atoms with E-state index in [1.807, 2.05) is 0 Å². The summed E-state index contributed by atoms with van der Waals surface area (Å²) in [7, 11) is 3.12. The van der Waals surface area contributed by atoms with Crippen LogP contribution in [-0.2, 0) is 12.8 Å². The molecule has 0 radical (unpaired) electrons. The quantitative estimate of drug-likeness (QED) is 0.930. The third-order valence-corrected chi connectivity index (χ3v) is 5.06. The van der Waals surface area contributed by atoms with E-state index in [0.717, 1.165) is 25.0 Å². The molecule has 1 aliphatic rings. The largest absolute Gasteiger partial charge is 0.497 e. The Balaban J connectivity index is 1.79. The number of rotatable bonds is 4. The van der Waals surface area contributed by atoms with E-state index in [1.165, 1.54) is 4.88 Å². The van der Waals surface area contributed by atoms with Gasteiger partial charge in [0.25, 0.3) is 5.91 Å². The second-order valence-corrected chi connectivity index (χ2v) is 6.88. The molecule has 122 valence electrons. The Morgan fingerprint density at radius 2 is 1.96 bits per heavy atom. The average Bonchev–Trinajstić information content (AvgIpc) is 2.95. The molecule has 1 aliphatic carbocycles. The van der Waals surface area contributed by atoms with Gasteiger partial charge in [0.1, 0.15) is 11.5 Å². The third kappa shape index (κ3) is 3.47. The van der Waals surface area contributed by atoms with Gasteiger partial charge < -0.3 is 9.47 Å². The molecular formula is C17H20N2O3S. The number of nitrogens with one attached hydrogen (secondary N) is 1. The summed E-state index contributed by atoms with van der Waals surface area (Å²) in [6, 6.07) is 5.11. The lowest BCUT2D eigenvalue weighted by Gasteiger charge is -2.15. The van der Waals surface area contributed by atoms with Gasteiger partial charge in [-0.05, 0) is 37.3 Å². The van der Waals surface area contributed by atoms with E-state index in [4.69, 9.17) is 9.47 Å². The summed E-state index contributed by atoms with van der Waals surface area (Å²) in [5, 5.41) is 3.55. The maximum absolute atomic E-state index is 12.5. The van der Waals surface area contributed by atoms with Gasteiger partial charge >= 0.3 is 0 Å². The summed E-state index contributed by atoms with van der Waals surface area (Å²) in [4.78, 5) is 18.3. The number of hydrogen-bond acceptors (Lipinski definition) is 5. The lowest BCUT2D eigenvalue weighted by molar-refractivity contribution is 0.102. The number of nitrogens with zero attached hydrogens (tertiary/aromatic N) is 1. The van der Waals surface area contributed by atoms with Gasteiger partial charge in [-0.3, -0.25) is 10.1 Å². The Hall–Kier alpha value is -2.08. The van der Waals surface area contributed by atoms with Crippen molar-refractivity contribution in [2.45, 2.75) is 26.2 Å². The van der Waals surface area contributed by atoms with E-state index in [1.54, 1.807) is 43.8 Å². The lowest BCUT2D eigenvalue weighted by atomic mass is 9.93. The zero-order chi connectivity index (χ0) is 16.4. The van der Waals surface area contributed by atoms with Crippen LogP contribution in [0.1, 0.15) is 34.3 Å². The fraction of sp³-hybridized carbons (Fsp3) is 0.412. The minimum atomic E-state index is -0.207. The van der Waals surface area contributed by atoms with Crippen molar-refractivity contribution in [3.63, 3.8) is 0 Å². The Bertz CT molecular complexity index is 704. The van der Waals surface area contributed by atoms with Crippen LogP contribution in [0, 0.1) is 5.92 Å². The first-order valence-electron chi connectivity index (χ1n) is 7.62. The molecule has 6 heteroatoms. The highest BCUT2D eigenvalue weighted by Crippen LogP contribution is 2.32. The van der Waals surface area contributed by atoms with E-state index in [9.17, 15) is 4.79 Å². The van der Waals surface area contributed by atoms with Crippen LogP contribution in [0.25, 0.3) is 0 Å². The van der Waals surface area contributed by atoms with E-state index in [-0.39, 0.29) is 5.91 Å². The highest BCUT2D eigenvalue weighted by molar-refractivity contribution is 7.15. The van der Waals surface area contributed by atoms with Crippen LogP contribution in [0.15, 0.2) is 18.2 Å². The highest BCUT2D eigenvalue weighted by atomic mass is 32.1. The molecule has 1 aromatic carbocycles. The molecule has 0 spiro atoms. The van der Waals surface area contributed by atoms with E-state index in [0.29, 0.717) is 28.1 Å². The zero-order valence-electron chi connectivity index (χ0n) is 13.5. The van der Waals surface area contributed by atoms with Crippen molar-refractivity contribution < 1.29 is 14.3 Å². The fourth-order valence-corrected chi connectivity index (χ4v) is 3.87. The van der Waals surface area contributed by atoms with Gasteiger partial charge in [0.15, 0.2) is 5.13 Å². The molecule has 0 bridgehead atoms. The molecule has 0 unspecified atom stereocenters. The minimum absolute atomic E-state index is 0.207. The van der Waals surface area contributed by atoms with Crippen LogP contribution in [0.5, 0.6) is 11.5 Å². The molecule has 0 saturated heterocycles. The summed E-state index contributed by atoms with van der Waals surface area (Å²) in [6.07, 6.45) is 3.21. The number of ether oxygens (including phenoxy) is 2. The first-order chi connectivity index (χ1) is 11.1. The molecule has 1 heterocycles. The maximum Gasteiger partial charge on any atom is 0.257 e. The first-order valence-corrected chi connectivity index (χ1v) is 8.43. The number of carbonyl (C=O) groups is 1. The number of hydrogen-bond donors (Lipinski definition) is 1. The predicted octanol–water partition coefficient (Wildman–Crippen LogP) is 3.54. The van der Waals surface area contributed by atoms with Gasteiger partial charge in [-0.2, -0.15) is 0 Å². The van der Waals surface area contributed by atoms with Crippen molar-refractivity contribution in [2.24, 2.45) is 5.92 Å². The van der Waals surface area contributed by atoms with Gasteiger partial charge in [-0.25, -0.2) is 4.98 Å². The van der Waals surface area contributed by atoms with Gasteiger partial charge in [-0.15, -0.1) is 11.3 Å². The van der Waals surface area contributed by atoms with Gasteiger partial charge in [-0.1, -0.05) is 6.92 Å². The van der Waals surface area contributed by atoms with Crippen LogP contribution in [0.2, 0.25) is 0 Å². The Morgan fingerprint density at radius 1 is 1.26 bits per heavy atom. The van der Waals surface area contributed by atoms with Crippen LogP contribution in [-0.4, -0.2) is 25.1 Å². The third-order valence-electron chi connectivity index (χ3n) is 4.02. The van der Waals surface area contributed by atoms with Crippen molar-refractivity contribution in [3.8, 4) is 11.5 Å². The second-order valence-electron chi connectivity index (χ2n) is 5.79. The van der Waals surface area contributed by atoms with Crippen LogP contribution < -0.4 is 14.8 Å². The fourth-order valence-electron chi connectivity index (χ4n) is 2.70. The van der Waals surface area contributed by atoms with Crippen molar-refractivity contribution in [2.75, 3.05) is 19.5 Å². The molecule has 0 fully saturated rings. The summed E-state index contributed by atoms with van der Waals surface area (Å²) in [5.41, 5.74) is 1.62. The molecule has 23 heavy (non-hydrogen) atoms. The molecule has 1 aromatic heterocycles. The molecule has 1 N–H and O–H groups in total. The van der Waals surface area contributed by atoms with Crippen LogP contribution in [0.4, 0.5) is 5.13 Å². The van der Waals surface area contributed by atoms with Crippen molar-refractivity contribution in [3.05, 3.63) is 34.3 Å². The number of carbonyl (C=O) groups excluding carboxylic acids is 1. The van der Waals surface area contributed by atoms with Gasteiger partial charge in [0.2, 0.25) is 0 Å². The van der Waals surface area contributed by atoms with E-state index in [2.05, 4.69) is 17.2 Å². The van der Waals surface area contributed by atoms with Crippen LogP contribution in [0.3, 0.4) is 0 Å². The number of anilines is 1. The number of thiazole rings is 1. The second kappa shape index (κ2) is 6.58. The smallest absolute Gasteiger partial charge is 0.257 e. The van der Waals surface area contributed by atoms with Crippen molar-refractivity contribution in [1.29, 1.82) is 0 Å². The van der Waals surface area contributed by atoms with Crippen molar-refractivity contribution >= 4 is 22.4 Å².